The number of carbonyl (C=O) groups is 1. The van der Waals surface area contributed by atoms with Crippen molar-refractivity contribution in [3.63, 3.8) is 0 Å². The summed E-state index contributed by atoms with van der Waals surface area (Å²) in [6.45, 7) is 0. The van der Waals surface area contributed by atoms with Gasteiger partial charge in [0, 0.05) is 6.07 Å². The van der Waals surface area contributed by atoms with Crippen molar-refractivity contribution < 1.29 is 18.7 Å². The first kappa shape index (κ1) is 9.39. The Kier molecular flexibility index (Phi) is 2.00. The van der Waals surface area contributed by atoms with Gasteiger partial charge in [0.1, 0.15) is 12.0 Å². The Labute approximate surface area is 82.9 Å². The molecule has 5 heteroatoms. The molecular formula is C10H5FO4. The molecular weight excluding hydrogens is 203 g/mol. The average molecular weight is 208 g/mol. The molecule has 0 atom stereocenters. The molecule has 15 heavy (non-hydrogen) atoms. The molecule has 0 spiro atoms. The summed E-state index contributed by atoms with van der Waals surface area (Å²) in [5.74, 6) is -1.85. The van der Waals surface area contributed by atoms with Gasteiger partial charge < -0.3 is 9.52 Å². The van der Waals surface area contributed by atoms with E-state index in [1.165, 1.54) is 6.07 Å². The maximum Gasteiger partial charge on any atom is 0.335 e. The van der Waals surface area contributed by atoms with E-state index in [2.05, 4.69) is 0 Å². The van der Waals surface area contributed by atoms with E-state index < -0.39 is 17.2 Å². The Morgan fingerprint density at radius 1 is 1.33 bits per heavy atom. The number of hydrogen-bond donors (Lipinski definition) is 1. The predicted molar refractivity (Wildman–Crippen MR) is 48.5 cm³/mol. The van der Waals surface area contributed by atoms with Gasteiger partial charge in [-0.3, -0.25) is 4.79 Å². The van der Waals surface area contributed by atoms with Gasteiger partial charge in [0.25, 0.3) is 0 Å². The van der Waals surface area contributed by atoms with Crippen molar-refractivity contribution in [1.82, 2.24) is 0 Å². The van der Waals surface area contributed by atoms with Crippen molar-refractivity contribution in [1.29, 1.82) is 0 Å². The molecule has 76 valence electrons. The van der Waals surface area contributed by atoms with Crippen molar-refractivity contribution in [2.24, 2.45) is 0 Å². The van der Waals surface area contributed by atoms with E-state index in [0.29, 0.717) is 0 Å². The molecule has 0 aromatic heterocycles. The second-order valence-electron chi connectivity index (χ2n) is 2.96. The molecule has 0 radical (unpaired) electrons. The standard InChI is InChI=1S/C10H5FO4/c11-6-3-7-8(12)1-5(10(13)14)2-9(7)15-4-6/h1-4H,(H,13,14). The molecule has 1 heterocycles. The number of fused-ring (bicyclic) bond motifs is 1. The molecule has 2 aliphatic rings. The Bertz CT molecular complexity index is 558. The lowest BCUT2D eigenvalue weighted by Crippen LogP contribution is -2.09. The molecule has 0 unspecified atom stereocenters. The molecule has 1 aliphatic carbocycles. The SMILES string of the molecule is O=C(O)c1cc2occ(F)cc-2c(=O)c1. The molecule has 1 N–H and O–H groups in total. The first-order valence-electron chi connectivity index (χ1n) is 4.03. The van der Waals surface area contributed by atoms with Crippen LogP contribution in [0.15, 0.2) is 33.7 Å². The number of rotatable bonds is 1. The van der Waals surface area contributed by atoms with E-state index in [0.717, 1.165) is 18.4 Å². The fraction of sp³-hybridized carbons (Fsp3) is 0. The molecule has 0 aromatic carbocycles. The highest BCUT2D eigenvalue weighted by molar-refractivity contribution is 5.89. The van der Waals surface area contributed by atoms with Gasteiger partial charge in [-0.15, -0.1) is 0 Å². The highest BCUT2D eigenvalue weighted by Crippen LogP contribution is 2.20. The van der Waals surface area contributed by atoms with Gasteiger partial charge in [-0.25, -0.2) is 9.18 Å². The van der Waals surface area contributed by atoms with Crippen LogP contribution in [0.3, 0.4) is 0 Å². The van der Waals surface area contributed by atoms with E-state index in [1.807, 2.05) is 0 Å². The van der Waals surface area contributed by atoms with Crippen LogP contribution in [0.2, 0.25) is 0 Å². The zero-order valence-corrected chi connectivity index (χ0v) is 7.36. The van der Waals surface area contributed by atoms with Crippen molar-refractivity contribution in [3.8, 4) is 11.3 Å². The third-order valence-electron chi connectivity index (χ3n) is 1.93. The fourth-order valence-electron chi connectivity index (χ4n) is 1.26. The Balaban J connectivity index is 2.79. The van der Waals surface area contributed by atoms with Gasteiger partial charge in [-0.2, -0.15) is 0 Å². The molecule has 0 saturated heterocycles. The maximum absolute atomic E-state index is 12.7. The third-order valence-corrected chi connectivity index (χ3v) is 1.93. The first-order chi connectivity index (χ1) is 7.08. The van der Waals surface area contributed by atoms with Crippen molar-refractivity contribution >= 4 is 5.97 Å². The summed E-state index contributed by atoms with van der Waals surface area (Å²) in [6.07, 6.45) is 0.813. The van der Waals surface area contributed by atoms with E-state index >= 15 is 0 Å². The van der Waals surface area contributed by atoms with Crippen molar-refractivity contribution in [2.75, 3.05) is 0 Å². The quantitative estimate of drug-likeness (QED) is 0.772. The summed E-state index contributed by atoms with van der Waals surface area (Å²) < 4.78 is 17.5. The van der Waals surface area contributed by atoms with Gasteiger partial charge in [-0.05, 0) is 12.1 Å². The zero-order valence-electron chi connectivity index (χ0n) is 7.36. The summed E-state index contributed by atoms with van der Waals surface area (Å²) in [5, 5.41) is 8.67. The maximum atomic E-state index is 12.7. The van der Waals surface area contributed by atoms with Crippen LogP contribution in [0, 0.1) is 5.82 Å². The highest BCUT2D eigenvalue weighted by Gasteiger charge is 2.14. The smallest absolute Gasteiger partial charge is 0.335 e. The van der Waals surface area contributed by atoms with Crippen LogP contribution in [0.1, 0.15) is 10.4 Å². The summed E-state index contributed by atoms with van der Waals surface area (Å²) >= 11 is 0. The molecule has 1 aliphatic heterocycles. The van der Waals surface area contributed by atoms with Crippen molar-refractivity contribution in [3.05, 3.63) is 46.1 Å². The Morgan fingerprint density at radius 2 is 2.07 bits per heavy atom. The molecule has 0 amide bonds. The lowest BCUT2D eigenvalue weighted by molar-refractivity contribution is 0.0696. The fourth-order valence-corrected chi connectivity index (χ4v) is 1.26. The van der Waals surface area contributed by atoms with E-state index in [4.69, 9.17) is 9.52 Å². The van der Waals surface area contributed by atoms with E-state index in [1.54, 1.807) is 0 Å². The van der Waals surface area contributed by atoms with Crippen LogP contribution in [0.4, 0.5) is 4.39 Å². The van der Waals surface area contributed by atoms with Crippen LogP contribution >= 0.6 is 0 Å². The zero-order chi connectivity index (χ0) is 11.0. The van der Waals surface area contributed by atoms with Crippen molar-refractivity contribution in [2.45, 2.75) is 0 Å². The highest BCUT2D eigenvalue weighted by atomic mass is 19.1. The lowest BCUT2D eigenvalue weighted by atomic mass is 10.1. The summed E-state index contributed by atoms with van der Waals surface area (Å²) in [5.41, 5.74) is -0.726. The van der Waals surface area contributed by atoms with Crippen LogP contribution in [-0.4, -0.2) is 11.1 Å². The summed E-state index contributed by atoms with van der Waals surface area (Å²) in [7, 11) is 0. The summed E-state index contributed by atoms with van der Waals surface area (Å²) in [6, 6.07) is 3.12. The topological polar surface area (TPSA) is 67.5 Å². The first-order valence-corrected chi connectivity index (χ1v) is 4.03. The van der Waals surface area contributed by atoms with Gasteiger partial charge >= 0.3 is 5.97 Å². The number of hydrogen-bond acceptors (Lipinski definition) is 3. The Hall–Kier alpha value is -2.17. The third kappa shape index (κ3) is 1.59. The number of benzene rings is 1. The minimum Gasteiger partial charge on any atom is -0.478 e. The molecule has 0 bridgehead atoms. The largest absolute Gasteiger partial charge is 0.478 e. The minimum absolute atomic E-state index is 0.0278. The van der Waals surface area contributed by atoms with Gasteiger partial charge in [0.15, 0.2) is 11.2 Å². The molecule has 0 aromatic rings. The lowest BCUT2D eigenvalue weighted by Gasteiger charge is -2.03. The van der Waals surface area contributed by atoms with Crippen LogP contribution in [0.5, 0.6) is 0 Å². The number of aromatic carboxylic acids is 1. The molecule has 4 nitrogen and oxygen atoms in total. The Morgan fingerprint density at radius 3 is 2.73 bits per heavy atom. The average Bonchev–Trinajstić information content (AvgIpc) is 2.18. The monoisotopic (exact) mass is 208 g/mol. The van der Waals surface area contributed by atoms with Gasteiger partial charge in [0.05, 0.1) is 11.1 Å². The second-order valence-corrected chi connectivity index (χ2v) is 2.96. The van der Waals surface area contributed by atoms with Crippen LogP contribution in [0.25, 0.3) is 11.3 Å². The number of carboxylic acid groups (broad SMARTS) is 1. The van der Waals surface area contributed by atoms with Crippen LogP contribution < -0.4 is 5.43 Å². The van der Waals surface area contributed by atoms with E-state index in [9.17, 15) is 14.0 Å². The molecule has 2 rings (SSSR count). The summed E-state index contributed by atoms with van der Waals surface area (Å²) in [4.78, 5) is 22.0. The minimum atomic E-state index is -1.23. The molecule has 0 saturated carbocycles. The predicted octanol–water partition coefficient (Wildman–Crippen LogP) is 1.58. The molecule has 0 fully saturated rings. The van der Waals surface area contributed by atoms with Gasteiger partial charge in [-0.1, -0.05) is 0 Å². The second kappa shape index (κ2) is 3.20. The number of halogens is 1. The van der Waals surface area contributed by atoms with Crippen LogP contribution in [-0.2, 0) is 0 Å². The van der Waals surface area contributed by atoms with E-state index in [-0.39, 0.29) is 16.9 Å². The van der Waals surface area contributed by atoms with Gasteiger partial charge in [0.2, 0.25) is 0 Å². The normalized spacial score (nSPS) is 10.5. The number of carboxylic acids is 1.